The fourth-order valence-corrected chi connectivity index (χ4v) is 3.56. The van der Waals surface area contributed by atoms with Gasteiger partial charge in [0, 0.05) is 16.0 Å². The largest absolute Gasteiger partial charge is 0.467 e. The van der Waals surface area contributed by atoms with Gasteiger partial charge in [0.1, 0.15) is 11.6 Å². The first kappa shape index (κ1) is 14.2. The minimum Gasteiger partial charge on any atom is -0.467 e. The smallest absolute Gasteiger partial charge is 0.189 e. The van der Waals surface area contributed by atoms with Crippen LogP contribution in [0.1, 0.15) is 16.7 Å². The topological polar surface area (TPSA) is 35.5 Å². The molecular weight excluding hydrogens is 291 g/mol. The zero-order valence-corrected chi connectivity index (χ0v) is 12.4. The predicted molar refractivity (Wildman–Crippen MR) is 78.0 cm³/mol. The maximum Gasteiger partial charge on any atom is 0.189 e. The van der Waals surface area contributed by atoms with E-state index in [4.69, 9.17) is 9.47 Å². The van der Waals surface area contributed by atoms with Crippen molar-refractivity contribution >= 4 is 10.8 Å². The summed E-state index contributed by atoms with van der Waals surface area (Å²) in [6, 6.07) is 10.3. The lowest BCUT2D eigenvalue weighted by atomic mass is 10.1. The van der Waals surface area contributed by atoms with Gasteiger partial charge in [-0.05, 0) is 36.8 Å². The summed E-state index contributed by atoms with van der Waals surface area (Å²) in [5.41, 5.74) is 2.33. The van der Waals surface area contributed by atoms with Crippen LogP contribution in [0.3, 0.4) is 0 Å². The molecule has 0 spiro atoms. The molecule has 0 N–H and O–H groups in total. The van der Waals surface area contributed by atoms with Crippen LogP contribution in [0, 0.1) is 12.7 Å². The lowest BCUT2D eigenvalue weighted by Gasteiger charge is -2.20. The molecule has 0 saturated heterocycles. The Morgan fingerprint density at radius 1 is 1.29 bits per heavy atom. The van der Waals surface area contributed by atoms with E-state index in [9.17, 15) is 8.60 Å². The Morgan fingerprint density at radius 3 is 2.95 bits per heavy atom. The van der Waals surface area contributed by atoms with Crippen LogP contribution in [0.25, 0.3) is 0 Å². The van der Waals surface area contributed by atoms with Gasteiger partial charge in [0.2, 0.25) is 0 Å². The van der Waals surface area contributed by atoms with Crippen LogP contribution in [0.2, 0.25) is 0 Å². The first-order chi connectivity index (χ1) is 10.1. The van der Waals surface area contributed by atoms with Crippen LogP contribution in [-0.4, -0.2) is 11.0 Å². The van der Waals surface area contributed by atoms with E-state index in [-0.39, 0.29) is 18.4 Å². The summed E-state index contributed by atoms with van der Waals surface area (Å²) in [4.78, 5) is 0.736. The number of ether oxygens (including phenoxy) is 2. The van der Waals surface area contributed by atoms with Crippen LogP contribution in [0.4, 0.5) is 4.39 Å². The molecule has 0 saturated carbocycles. The lowest BCUT2D eigenvalue weighted by Crippen LogP contribution is -2.14. The standard InChI is InChI=1S/C16H15FO3S/c1-11-3-2-4-15(5-11)21(18)9-13-7-14(17)6-12-8-19-10-20-16(12)13/h2-7H,8-10H2,1H3/t21-/m0/s1. The Balaban J connectivity index is 1.91. The lowest BCUT2D eigenvalue weighted by molar-refractivity contribution is -0.0171. The highest BCUT2D eigenvalue weighted by atomic mass is 32.2. The Morgan fingerprint density at radius 2 is 2.14 bits per heavy atom. The van der Waals surface area contributed by atoms with Gasteiger partial charge >= 0.3 is 0 Å². The van der Waals surface area contributed by atoms with Crippen molar-refractivity contribution < 1.29 is 18.1 Å². The van der Waals surface area contributed by atoms with Gasteiger partial charge in [0.25, 0.3) is 0 Å². The molecule has 2 aromatic rings. The average molecular weight is 306 g/mol. The van der Waals surface area contributed by atoms with Crippen molar-refractivity contribution in [3.8, 4) is 5.75 Å². The maximum atomic E-state index is 13.7. The van der Waals surface area contributed by atoms with Gasteiger partial charge < -0.3 is 9.47 Å². The van der Waals surface area contributed by atoms with Gasteiger partial charge in [0.15, 0.2) is 6.79 Å². The number of aryl methyl sites for hydroxylation is 1. The quantitative estimate of drug-likeness (QED) is 0.873. The summed E-state index contributed by atoms with van der Waals surface area (Å²) in [7, 11) is -1.24. The molecule has 1 aliphatic rings. The molecule has 0 unspecified atom stereocenters. The molecule has 3 rings (SSSR count). The van der Waals surface area contributed by atoms with E-state index < -0.39 is 10.8 Å². The zero-order chi connectivity index (χ0) is 14.8. The number of hydrogen-bond acceptors (Lipinski definition) is 3. The molecular formula is C16H15FO3S. The average Bonchev–Trinajstić information content (AvgIpc) is 2.47. The van der Waals surface area contributed by atoms with E-state index in [2.05, 4.69) is 0 Å². The van der Waals surface area contributed by atoms with Crippen molar-refractivity contribution in [1.29, 1.82) is 0 Å². The van der Waals surface area contributed by atoms with Gasteiger partial charge in [0.05, 0.1) is 23.2 Å². The summed E-state index contributed by atoms with van der Waals surface area (Å²) in [6.07, 6.45) is 0. The molecule has 0 radical (unpaired) electrons. The third kappa shape index (κ3) is 3.14. The fraction of sp³-hybridized carbons (Fsp3) is 0.250. The van der Waals surface area contributed by atoms with Gasteiger partial charge in [-0.2, -0.15) is 0 Å². The minimum absolute atomic E-state index is 0.142. The molecule has 1 atom stereocenters. The molecule has 2 aromatic carbocycles. The van der Waals surface area contributed by atoms with Crippen molar-refractivity contribution in [3.05, 3.63) is 58.9 Å². The van der Waals surface area contributed by atoms with Gasteiger partial charge in [-0.3, -0.25) is 4.21 Å². The Hall–Kier alpha value is -1.72. The van der Waals surface area contributed by atoms with Crippen LogP contribution in [-0.2, 0) is 27.9 Å². The molecule has 1 heterocycles. The van der Waals surface area contributed by atoms with Gasteiger partial charge in [-0.15, -0.1) is 0 Å². The third-order valence-corrected chi connectivity index (χ3v) is 4.64. The van der Waals surface area contributed by atoms with Gasteiger partial charge in [-0.1, -0.05) is 12.1 Å². The van der Waals surface area contributed by atoms with Crippen LogP contribution in [0.5, 0.6) is 5.75 Å². The highest BCUT2D eigenvalue weighted by Crippen LogP contribution is 2.31. The van der Waals surface area contributed by atoms with E-state index in [0.29, 0.717) is 23.5 Å². The maximum absolute atomic E-state index is 13.7. The number of fused-ring (bicyclic) bond motifs is 1. The Bertz CT molecular complexity index is 700. The summed E-state index contributed by atoms with van der Waals surface area (Å²) < 4.78 is 36.7. The highest BCUT2D eigenvalue weighted by Gasteiger charge is 2.19. The number of halogens is 1. The van der Waals surface area contributed by atoms with Crippen molar-refractivity contribution in [2.24, 2.45) is 0 Å². The summed E-state index contributed by atoms with van der Waals surface area (Å²) in [5, 5.41) is 0. The molecule has 3 nitrogen and oxygen atoms in total. The van der Waals surface area contributed by atoms with E-state index in [1.54, 1.807) is 0 Å². The minimum atomic E-state index is -1.24. The van der Waals surface area contributed by atoms with Crippen LogP contribution >= 0.6 is 0 Å². The van der Waals surface area contributed by atoms with Crippen molar-refractivity contribution in [3.63, 3.8) is 0 Å². The van der Waals surface area contributed by atoms with Crippen molar-refractivity contribution in [2.45, 2.75) is 24.2 Å². The van der Waals surface area contributed by atoms with Crippen LogP contribution < -0.4 is 4.74 Å². The normalized spacial score (nSPS) is 15.1. The van der Waals surface area contributed by atoms with E-state index in [0.717, 1.165) is 10.5 Å². The molecule has 0 fully saturated rings. The summed E-state index contributed by atoms with van der Waals surface area (Å²) >= 11 is 0. The molecule has 0 aliphatic carbocycles. The summed E-state index contributed by atoms with van der Waals surface area (Å²) in [6.45, 7) is 2.41. The predicted octanol–water partition coefficient (Wildman–Crippen LogP) is 3.31. The fourth-order valence-electron chi connectivity index (χ4n) is 2.35. The zero-order valence-electron chi connectivity index (χ0n) is 11.6. The number of benzene rings is 2. The number of rotatable bonds is 3. The Labute approximate surface area is 125 Å². The first-order valence-corrected chi connectivity index (χ1v) is 7.92. The third-order valence-electron chi connectivity index (χ3n) is 3.29. The van der Waals surface area contributed by atoms with Gasteiger partial charge in [-0.25, -0.2) is 4.39 Å². The summed E-state index contributed by atoms with van der Waals surface area (Å²) in [5.74, 6) is 0.464. The molecule has 1 aliphatic heterocycles. The SMILES string of the molecule is Cc1cccc([S@@](=O)Cc2cc(F)cc3c2OCOC3)c1. The van der Waals surface area contributed by atoms with E-state index in [1.165, 1.54) is 12.1 Å². The second-order valence-corrected chi connectivity index (χ2v) is 6.42. The second-order valence-electron chi connectivity index (χ2n) is 4.97. The molecule has 0 amide bonds. The molecule has 0 aromatic heterocycles. The van der Waals surface area contributed by atoms with Crippen molar-refractivity contribution in [2.75, 3.05) is 6.79 Å². The monoisotopic (exact) mass is 306 g/mol. The molecule has 110 valence electrons. The highest BCUT2D eigenvalue weighted by molar-refractivity contribution is 7.84. The first-order valence-electron chi connectivity index (χ1n) is 6.60. The van der Waals surface area contributed by atoms with E-state index in [1.807, 2.05) is 31.2 Å². The molecule has 21 heavy (non-hydrogen) atoms. The van der Waals surface area contributed by atoms with Crippen molar-refractivity contribution in [1.82, 2.24) is 0 Å². The second kappa shape index (κ2) is 5.95. The molecule has 0 bridgehead atoms. The number of hydrogen-bond donors (Lipinski definition) is 0. The van der Waals surface area contributed by atoms with E-state index >= 15 is 0 Å². The molecule has 5 heteroatoms. The Kier molecular flexibility index (Phi) is 4.03. The van der Waals surface area contributed by atoms with Crippen LogP contribution in [0.15, 0.2) is 41.3 Å².